The Morgan fingerprint density at radius 1 is 0.875 bits per heavy atom. The van der Waals surface area contributed by atoms with E-state index in [0.717, 1.165) is 24.8 Å². The fraction of sp³-hybridized carbons (Fsp3) is 0.846. The number of aliphatic hydroxyl groups is 1. The number of thioether (sulfide) groups is 1. The summed E-state index contributed by atoms with van der Waals surface area (Å²) in [6.07, 6.45) is 20.9. The van der Waals surface area contributed by atoms with Gasteiger partial charge in [-0.15, -0.1) is 11.8 Å². The lowest BCUT2D eigenvalue weighted by molar-refractivity contribution is -0.139. The Morgan fingerprint density at radius 2 is 1.41 bits per heavy atom. The van der Waals surface area contributed by atoms with Crippen LogP contribution in [0, 0.1) is 5.92 Å². The van der Waals surface area contributed by atoms with E-state index < -0.39 is 18.0 Å². The minimum Gasteiger partial charge on any atom is -0.481 e. The predicted molar refractivity (Wildman–Crippen MR) is 133 cm³/mol. The van der Waals surface area contributed by atoms with E-state index in [1.54, 1.807) is 0 Å². The van der Waals surface area contributed by atoms with Crippen molar-refractivity contribution in [3.8, 4) is 0 Å². The van der Waals surface area contributed by atoms with Crippen LogP contribution in [0.3, 0.4) is 0 Å². The van der Waals surface area contributed by atoms with E-state index in [2.05, 4.69) is 13.0 Å². The van der Waals surface area contributed by atoms with Gasteiger partial charge in [-0.2, -0.15) is 0 Å². The van der Waals surface area contributed by atoms with Crippen LogP contribution >= 0.6 is 11.8 Å². The summed E-state index contributed by atoms with van der Waals surface area (Å²) in [5.41, 5.74) is 1.10. The van der Waals surface area contributed by atoms with Crippen LogP contribution in [-0.2, 0) is 9.59 Å². The van der Waals surface area contributed by atoms with E-state index in [1.165, 1.54) is 88.8 Å². The minimum atomic E-state index is -0.907. The van der Waals surface area contributed by atoms with Crippen molar-refractivity contribution in [3.63, 3.8) is 0 Å². The van der Waals surface area contributed by atoms with Crippen molar-refractivity contribution in [3.05, 3.63) is 11.6 Å². The lowest BCUT2D eigenvalue weighted by Gasteiger charge is -2.36. The number of hydrogen-bond acceptors (Lipinski definition) is 4. The van der Waals surface area contributed by atoms with E-state index in [9.17, 15) is 14.7 Å². The molecule has 0 aromatic carbocycles. The number of aliphatic carboxylic acids is 2. The van der Waals surface area contributed by atoms with Crippen LogP contribution in [0.2, 0.25) is 0 Å². The number of unbranched alkanes of at least 4 members (excludes halogenated alkanes) is 13. The molecule has 0 radical (unpaired) electrons. The average molecular weight is 471 g/mol. The second-order valence-corrected chi connectivity index (χ2v) is 10.5. The Morgan fingerprint density at radius 3 is 1.91 bits per heavy atom. The zero-order valence-electron chi connectivity index (χ0n) is 20.1. The highest BCUT2D eigenvalue weighted by molar-refractivity contribution is 8.00. The molecule has 1 saturated carbocycles. The molecule has 0 heterocycles. The molecule has 5 nitrogen and oxygen atoms in total. The second kappa shape index (κ2) is 18.4. The molecular weight excluding hydrogens is 424 g/mol. The Labute approximate surface area is 199 Å². The zero-order valence-corrected chi connectivity index (χ0v) is 20.9. The molecule has 0 aromatic rings. The van der Waals surface area contributed by atoms with Gasteiger partial charge in [0.1, 0.15) is 0 Å². The average Bonchev–Trinajstić information content (AvgIpc) is 2.74. The quantitative estimate of drug-likeness (QED) is 0.141. The summed E-state index contributed by atoms with van der Waals surface area (Å²) in [6, 6.07) is 0. The van der Waals surface area contributed by atoms with Gasteiger partial charge in [0.05, 0.1) is 23.5 Å². The Balaban J connectivity index is 2.22. The molecule has 1 fully saturated rings. The van der Waals surface area contributed by atoms with Gasteiger partial charge in [0.15, 0.2) is 0 Å². The van der Waals surface area contributed by atoms with Crippen molar-refractivity contribution in [2.75, 3.05) is 5.75 Å². The number of hydrogen-bond donors (Lipinski definition) is 3. The largest absolute Gasteiger partial charge is 0.481 e. The van der Waals surface area contributed by atoms with Gasteiger partial charge in [0, 0.05) is 0 Å². The van der Waals surface area contributed by atoms with Crippen LogP contribution in [0.1, 0.15) is 116 Å². The highest BCUT2D eigenvalue weighted by atomic mass is 32.2. The van der Waals surface area contributed by atoms with E-state index in [4.69, 9.17) is 10.2 Å². The maximum atomic E-state index is 11.1. The molecule has 0 spiro atoms. The minimum absolute atomic E-state index is 0.0581. The maximum Gasteiger partial charge on any atom is 0.313 e. The van der Waals surface area contributed by atoms with Gasteiger partial charge < -0.3 is 15.3 Å². The molecule has 1 aliphatic carbocycles. The van der Waals surface area contributed by atoms with Gasteiger partial charge in [0.25, 0.3) is 0 Å². The van der Waals surface area contributed by atoms with Crippen molar-refractivity contribution in [2.45, 2.75) is 127 Å². The molecule has 6 heteroatoms. The molecule has 0 saturated heterocycles. The monoisotopic (exact) mass is 470 g/mol. The number of allylic oxidation sites excluding steroid dienone is 1. The first-order valence-corrected chi connectivity index (χ1v) is 13.9. The summed E-state index contributed by atoms with van der Waals surface area (Å²) in [7, 11) is 0. The van der Waals surface area contributed by atoms with Crippen LogP contribution in [-0.4, -0.2) is 44.4 Å². The third-order valence-corrected chi connectivity index (χ3v) is 7.85. The molecule has 0 aromatic heterocycles. The fourth-order valence-corrected chi connectivity index (χ4v) is 5.78. The van der Waals surface area contributed by atoms with Gasteiger partial charge in [-0.3, -0.25) is 9.59 Å². The van der Waals surface area contributed by atoms with Crippen molar-refractivity contribution in [1.29, 1.82) is 0 Å². The Hall–Kier alpha value is -1.01. The first-order chi connectivity index (χ1) is 15.5. The van der Waals surface area contributed by atoms with Crippen LogP contribution in [0.25, 0.3) is 0 Å². The molecule has 3 N–H and O–H groups in total. The standard InChI is InChI=1S/C26H46O5S/c1-2-3-4-5-6-7-8-9-10-11-12-13-14-15-16-21-17-18-22(19-23(27)28)25(31)26(21)32-20-24(29)30/h16,22,25-26,31H,2-15,17-20H2,1H3,(H,27,28)(H,29,30)/t22-,25-,26-/m0/s1. The van der Waals surface area contributed by atoms with E-state index in [-0.39, 0.29) is 23.3 Å². The number of carbonyl (C=O) groups is 2. The lowest BCUT2D eigenvalue weighted by Crippen LogP contribution is -2.38. The SMILES string of the molecule is CCCCCCCCCCCCCCCC=C1CC[C@@H](CC(=O)O)[C@H](O)[C@H]1SCC(=O)O. The smallest absolute Gasteiger partial charge is 0.313 e. The number of aliphatic hydroxyl groups excluding tert-OH is 1. The summed E-state index contributed by atoms with van der Waals surface area (Å²) < 4.78 is 0. The third-order valence-electron chi connectivity index (χ3n) is 6.50. The maximum absolute atomic E-state index is 11.1. The lowest BCUT2D eigenvalue weighted by atomic mass is 9.80. The molecule has 3 atom stereocenters. The zero-order chi connectivity index (χ0) is 23.6. The fourth-order valence-electron chi connectivity index (χ4n) is 4.61. The summed E-state index contributed by atoms with van der Waals surface area (Å²) in [5.74, 6) is -2.18. The van der Waals surface area contributed by atoms with Gasteiger partial charge in [-0.1, -0.05) is 95.6 Å². The van der Waals surface area contributed by atoms with Gasteiger partial charge in [-0.05, 0) is 31.6 Å². The highest BCUT2D eigenvalue weighted by Crippen LogP contribution is 2.38. The normalized spacial score (nSPS) is 22.3. The van der Waals surface area contributed by atoms with E-state index in [0.29, 0.717) is 6.42 Å². The van der Waals surface area contributed by atoms with Crippen molar-refractivity contribution >= 4 is 23.7 Å². The van der Waals surface area contributed by atoms with Gasteiger partial charge in [-0.25, -0.2) is 0 Å². The second-order valence-electron chi connectivity index (χ2n) is 9.32. The Kier molecular flexibility index (Phi) is 16.7. The van der Waals surface area contributed by atoms with Crippen LogP contribution in [0.5, 0.6) is 0 Å². The molecule has 1 rings (SSSR count). The van der Waals surface area contributed by atoms with Crippen molar-refractivity contribution < 1.29 is 24.9 Å². The van der Waals surface area contributed by atoms with Crippen molar-refractivity contribution in [1.82, 2.24) is 0 Å². The first-order valence-electron chi connectivity index (χ1n) is 12.9. The van der Waals surface area contributed by atoms with Crippen molar-refractivity contribution in [2.24, 2.45) is 5.92 Å². The van der Waals surface area contributed by atoms with Crippen LogP contribution in [0.4, 0.5) is 0 Å². The predicted octanol–water partition coefficient (Wildman–Crippen LogP) is 6.83. The molecule has 0 amide bonds. The number of carboxylic acid groups (broad SMARTS) is 2. The summed E-state index contributed by atoms with van der Waals surface area (Å²) in [4.78, 5) is 22.1. The highest BCUT2D eigenvalue weighted by Gasteiger charge is 2.36. The first kappa shape index (κ1) is 29.0. The molecule has 32 heavy (non-hydrogen) atoms. The number of rotatable bonds is 19. The third kappa shape index (κ3) is 13.5. The molecule has 0 unspecified atom stereocenters. The van der Waals surface area contributed by atoms with Gasteiger partial charge >= 0.3 is 11.9 Å². The molecule has 0 aliphatic heterocycles. The van der Waals surface area contributed by atoms with Crippen LogP contribution in [0.15, 0.2) is 11.6 Å². The van der Waals surface area contributed by atoms with Crippen LogP contribution < -0.4 is 0 Å². The topological polar surface area (TPSA) is 94.8 Å². The van der Waals surface area contributed by atoms with Gasteiger partial charge in [0.2, 0.25) is 0 Å². The molecular formula is C26H46O5S. The van der Waals surface area contributed by atoms with E-state index >= 15 is 0 Å². The Bertz CT molecular complexity index is 548. The molecule has 186 valence electrons. The summed E-state index contributed by atoms with van der Waals surface area (Å²) in [5, 5.41) is 28.4. The molecule has 0 bridgehead atoms. The van der Waals surface area contributed by atoms with E-state index in [1.807, 2.05) is 0 Å². The molecule has 1 aliphatic rings. The summed E-state index contributed by atoms with van der Waals surface area (Å²) in [6.45, 7) is 2.26. The number of carboxylic acids is 2. The summed E-state index contributed by atoms with van der Waals surface area (Å²) >= 11 is 1.23.